The quantitative estimate of drug-likeness (QED) is 0.850. The SMILES string of the molecule is Cc1cc(NC(=O)C(C)(C)C)sc1C(=O)NCCN1CCOCC1. The fourth-order valence-electron chi connectivity index (χ4n) is 2.30. The lowest BCUT2D eigenvalue weighted by Crippen LogP contribution is -2.41. The first-order chi connectivity index (χ1) is 11.3. The van der Waals surface area contributed by atoms with Gasteiger partial charge in [-0.3, -0.25) is 14.5 Å². The maximum Gasteiger partial charge on any atom is 0.261 e. The van der Waals surface area contributed by atoms with Crippen LogP contribution < -0.4 is 10.6 Å². The van der Waals surface area contributed by atoms with Gasteiger partial charge in [0.25, 0.3) is 5.91 Å². The van der Waals surface area contributed by atoms with Crippen LogP contribution in [0.25, 0.3) is 0 Å². The summed E-state index contributed by atoms with van der Waals surface area (Å²) >= 11 is 1.32. The van der Waals surface area contributed by atoms with E-state index in [1.54, 1.807) is 0 Å². The third kappa shape index (κ3) is 5.29. The van der Waals surface area contributed by atoms with Crippen molar-refractivity contribution in [2.75, 3.05) is 44.7 Å². The van der Waals surface area contributed by atoms with Gasteiger partial charge in [-0.1, -0.05) is 20.8 Å². The van der Waals surface area contributed by atoms with Crippen LogP contribution >= 0.6 is 11.3 Å². The summed E-state index contributed by atoms with van der Waals surface area (Å²) < 4.78 is 5.31. The monoisotopic (exact) mass is 353 g/mol. The number of thiophene rings is 1. The molecule has 1 aromatic heterocycles. The molecule has 0 saturated carbocycles. The number of nitrogens with one attached hydrogen (secondary N) is 2. The molecule has 0 radical (unpaired) electrons. The van der Waals surface area contributed by atoms with E-state index in [2.05, 4.69) is 15.5 Å². The summed E-state index contributed by atoms with van der Waals surface area (Å²) in [5, 5.41) is 6.56. The smallest absolute Gasteiger partial charge is 0.261 e. The van der Waals surface area contributed by atoms with Crippen LogP contribution in [0.15, 0.2) is 6.07 Å². The fraction of sp³-hybridized carbons (Fsp3) is 0.647. The molecule has 0 unspecified atom stereocenters. The third-order valence-electron chi connectivity index (χ3n) is 3.86. The minimum Gasteiger partial charge on any atom is -0.379 e. The minimum atomic E-state index is -0.460. The van der Waals surface area contributed by atoms with Crippen molar-refractivity contribution in [3.05, 3.63) is 16.5 Å². The van der Waals surface area contributed by atoms with Gasteiger partial charge in [0.2, 0.25) is 5.91 Å². The Hall–Kier alpha value is -1.44. The number of ether oxygens (including phenoxy) is 1. The molecule has 1 saturated heterocycles. The van der Waals surface area contributed by atoms with E-state index in [0.717, 1.165) is 38.4 Å². The van der Waals surface area contributed by atoms with Crippen LogP contribution in [-0.2, 0) is 9.53 Å². The summed E-state index contributed by atoms with van der Waals surface area (Å²) in [7, 11) is 0. The molecule has 0 spiro atoms. The number of nitrogens with zero attached hydrogens (tertiary/aromatic N) is 1. The van der Waals surface area contributed by atoms with Crippen molar-refractivity contribution in [1.82, 2.24) is 10.2 Å². The highest BCUT2D eigenvalue weighted by molar-refractivity contribution is 7.18. The lowest BCUT2D eigenvalue weighted by Gasteiger charge is -2.26. The summed E-state index contributed by atoms with van der Waals surface area (Å²) in [6, 6.07) is 1.85. The molecule has 134 valence electrons. The van der Waals surface area contributed by atoms with Crippen LogP contribution in [0.1, 0.15) is 36.0 Å². The molecule has 2 amide bonds. The Morgan fingerprint density at radius 2 is 1.96 bits per heavy atom. The van der Waals surface area contributed by atoms with Crippen molar-refractivity contribution in [2.45, 2.75) is 27.7 Å². The highest BCUT2D eigenvalue weighted by atomic mass is 32.1. The van der Waals surface area contributed by atoms with Gasteiger partial charge in [-0.2, -0.15) is 0 Å². The van der Waals surface area contributed by atoms with Gasteiger partial charge >= 0.3 is 0 Å². The molecule has 0 aliphatic carbocycles. The molecular formula is C17H27N3O3S. The number of hydrogen-bond acceptors (Lipinski definition) is 5. The average molecular weight is 353 g/mol. The van der Waals surface area contributed by atoms with Gasteiger partial charge in [0.05, 0.1) is 23.1 Å². The molecule has 1 fully saturated rings. The van der Waals surface area contributed by atoms with E-state index in [-0.39, 0.29) is 11.8 Å². The number of carbonyl (C=O) groups excluding carboxylic acids is 2. The van der Waals surface area contributed by atoms with E-state index >= 15 is 0 Å². The first-order valence-electron chi connectivity index (χ1n) is 8.27. The van der Waals surface area contributed by atoms with Crippen molar-refractivity contribution in [1.29, 1.82) is 0 Å². The first kappa shape index (κ1) is 18.9. The summed E-state index contributed by atoms with van der Waals surface area (Å²) in [4.78, 5) is 27.3. The lowest BCUT2D eigenvalue weighted by atomic mass is 9.96. The van der Waals surface area contributed by atoms with Crippen LogP contribution in [0.2, 0.25) is 0 Å². The van der Waals surface area contributed by atoms with Crippen molar-refractivity contribution in [3.8, 4) is 0 Å². The van der Waals surface area contributed by atoms with E-state index in [1.807, 2.05) is 33.8 Å². The van der Waals surface area contributed by atoms with Gasteiger partial charge in [-0.15, -0.1) is 11.3 Å². The van der Waals surface area contributed by atoms with Gasteiger partial charge in [-0.25, -0.2) is 0 Å². The number of carbonyl (C=O) groups is 2. The van der Waals surface area contributed by atoms with E-state index in [4.69, 9.17) is 4.74 Å². The van der Waals surface area contributed by atoms with Crippen LogP contribution in [-0.4, -0.2) is 56.1 Å². The second-order valence-corrected chi connectivity index (χ2v) is 8.09. The van der Waals surface area contributed by atoms with Gasteiger partial charge < -0.3 is 15.4 Å². The molecule has 2 N–H and O–H groups in total. The maximum absolute atomic E-state index is 12.3. The molecule has 1 aliphatic heterocycles. The number of rotatable bonds is 5. The number of anilines is 1. The van der Waals surface area contributed by atoms with Crippen LogP contribution in [0.5, 0.6) is 0 Å². The number of morpholine rings is 1. The Balaban J connectivity index is 1.86. The van der Waals surface area contributed by atoms with Crippen LogP contribution in [0.3, 0.4) is 0 Å². The predicted molar refractivity (Wildman–Crippen MR) is 96.7 cm³/mol. The van der Waals surface area contributed by atoms with Gasteiger partial charge in [0.1, 0.15) is 0 Å². The predicted octanol–water partition coefficient (Wildman–Crippen LogP) is 2.10. The molecule has 0 aromatic carbocycles. The topological polar surface area (TPSA) is 70.7 Å². The van der Waals surface area contributed by atoms with Gasteiger partial charge in [-0.05, 0) is 18.6 Å². The molecule has 1 aromatic rings. The van der Waals surface area contributed by atoms with Crippen LogP contribution in [0.4, 0.5) is 5.00 Å². The molecular weight excluding hydrogens is 326 g/mol. The molecule has 0 bridgehead atoms. The van der Waals surface area contributed by atoms with Crippen molar-refractivity contribution in [2.24, 2.45) is 5.41 Å². The summed E-state index contributed by atoms with van der Waals surface area (Å²) in [6.45, 7) is 12.3. The normalized spacial score (nSPS) is 16.0. The highest BCUT2D eigenvalue weighted by Crippen LogP contribution is 2.28. The summed E-state index contributed by atoms with van der Waals surface area (Å²) in [6.07, 6.45) is 0. The molecule has 7 heteroatoms. The van der Waals surface area contributed by atoms with Crippen LogP contribution in [0, 0.1) is 12.3 Å². The number of aryl methyl sites for hydroxylation is 1. The van der Waals surface area contributed by atoms with E-state index in [0.29, 0.717) is 16.4 Å². The molecule has 24 heavy (non-hydrogen) atoms. The Labute approximate surface area is 147 Å². The van der Waals surface area contributed by atoms with Gasteiger partial charge in [0, 0.05) is 31.6 Å². The lowest BCUT2D eigenvalue weighted by molar-refractivity contribution is -0.123. The second kappa shape index (κ2) is 8.09. The maximum atomic E-state index is 12.3. The number of hydrogen-bond donors (Lipinski definition) is 2. The van der Waals surface area contributed by atoms with Crippen molar-refractivity contribution < 1.29 is 14.3 Å². The molecule has 1 aliphatic rings. The van der Waals surface area contributed by atoms with E-state index in [1.165, 1.54) is 11.3 Å². The molecule has 0 atom stereocenters. The van der Waals surface area contributed by atoms with Gasteiger partial charge in [0.15, 0.2) is 0 Å². The second-order valence-electron chi connectivity index (χ2n) is 7.04. The largest absolute Gasteiger partial charge is 0.379 e. The van der Waals surface area contributed by atoms with E-state index in [9.17, 15) is 9.59 Å². The minimum absolute atomic E-state index is 0.0528. The Morgan fingerprint density at radius 3 is 2.58 bits per heavy atom. The standard InChI is InChI=1S/C17H27N3O3S/c1-12-11-13(19-16(22)17(2,3)4)24-14(12)15(21)18-5-6-20-7-9-23-10-8-20/h11H,5-10H2,1-4H3,(H,18,21)(H,19,22). The molecule has 2 heterocycles. The summed E-state index contributed by atoms with van der Waals surface area (Å²) in [5.41, 5.74) is 0.423. The Morgan fingerprint density at radius 1 is 1.29 bits per heavy atom. The average Bonchev–Trinajstić information content (AvgIpc) is 2.88. The fourth-order valence-corrected chi connectivity index (χ4v) is 3.29. The van der Waals surface area contributed by atoms with E-state index < -0.39 is 5.41 Å². The first-order valence-corrected chi connectivity index (χ1v) is 9.09. The van der Waals surface area contributed by atoms with Crippen molar-refractivity contribution in [3.63, 3.8) is 0 Å². The highest BCUT2D eigenvalue weighted by Gasteiger charge is 2.23. The Bertz CT molecular complexity index is 586. The zero-order valence-electron chi connectivity index (χ0n) is 14.9. The zero-order valence-corrected chi connectivity index (χ0v) is 15.7. The zero-order chi connectivity index (χ0) is 17.7. The number of amides is 2. The molecule has 6 nitrogen and oxygen atoms in total. The molecule has 2 rings (SSSR count). The van der Waals surface area contributed by atoms with Crippen molar-refractivity contribution >= 4 is 28.2 Å². The Kier molecular flexibility index (Phi) is 6.37. The summed E-state index contributed by atoms with van der Waals surface area (Å²) in [5.74, 6) is -0.134. The third-order valence-corrected chi connectivity index (χ3v) is 5.01.